The first kappa shape index (κ1) is 15.3. The Balaban J connectivity index is 2.26. The Morgan fingerprint density at radius 1 is 1.35 bits per heavy atom. The van der Waals surface area contributed by atoms with E-state index >= 15 is 0 Å². The molecule has 0 bridgehead atoms. The van der Waals surface area contributed by atoms with Crippen LogP contribution in [-0.4, -0.2) is 48.1 Å². The fourth-order valence-corrected chi connectivity index (χ4v) is 3.05. The van der Waals surface area contributed by atoms with Gasteiger partial charge in [0.25, 0.3) is 0 Å². The van der Waals surface area contributed by atoms with Crippen molar-refractivity contribution in [1.82, 2.24) is 10.2 Å². The molecular weight excluding hydrogens is 256 g/mol. The Morgan fingerprint density at radius 2 is 2.00 bits per heavy atom. The average molecular weight is 282 g/mol. The van der Waals surface area contributed by atoms with Crippen LogP contribution in [0.3, 0.4) is 0 Å². The lowest BCUT2D eigenvalue weighted by Gasteiger charge is -2.50. The van der Waals surface area contributed by atoms with Crippen molar-refractivity contribution >= 4 is 11.8 Å². The van der Waals surface area contributed by atoms with E-state index in [9.17, 15) is 9.59 Å². The van der Waals surface area contributed by atoms with Gasteiger partial charge in [0.1, 0.15) is 11.1 Å². The summed E-state index contributed by atoms with van der Waals surface area (Å²) in [7, 11) is 1.65. The average Bonchev–Trinajstić information content (AvgIpc) is 3.25. The number of carbonyl (C=O) groups excluding carboxylic acids is 2. The van der Waals surface area contributed by atoms with Gasteiger partial charge in [-0.15, -0.1) is 0 Å². The molecule has 0 radical (unpaired) electrons. The van der Waals surface area contributed by atoms with Crippen molar-refractivity contribution in [2.24, 2.45) is 5.92 Å². The van der Waals surface area contributed by atoms with Gasteiger partial charge in [0.2, 0.25) is 11.8 Å². The second-order valence-corrected chi connectivity index (χ2v) is 6.36. The number of carbonyl (C=O) groups is 2. The molecule has 2 aliphatic rings. The highest BCUT2D eigenvalue weighted by atomic mass is 16.5. The van der Waals surface area contributed by atoms with Crippen LogP contribution in [0.5, 0.6) is 0 Å². The zero-order valence-electron chi connectivity index (χ0n) is 13.0. The fraction of sp³-hybridized carbons (Fsp3) is 0.867. The first-order chi connectivity index (χ1) is 9.40. The normalized spacial score (nSPS) is 34.3. The van der Waals surface area contributed by atoms with Gasteiger partial charge in [-0.3, -0.25) is 9.59 Å². The van der Waals surface area contributed by atoms with E-state index in [1.807, 2.05) is 25.7 Å². The Bertz CT molecular complexity index is 408. The summed E-state index contributed by atoms with van der Waals surface area (Å²) in [6, 6.07) is 0. The molecule has 2 atom stereocenters. The molecule has 0 aromatic rings. The fourth-order valence-electron chi connectivity index (χ4n) is 3.05. The van der Waals surface area contributed by atoms with Crippen LogP contribution in [0.1, 0.15) is 46.5 Å². The largest absolute Gasteiger partial charge is 0.385 e. The van der Waals surface area contributed by atoms with Crippen LogP contribution in [-0.2, 0) is 14.3 Å². The Morgan fingerprint density at radius 3 is 2.50 bits per heavy atom. The number of nitrogens with zero attached hydrogens (tertiary/aromatic N) is 1. The number of nitrogens with one attached hydrogen (secondary N) is 1. The lowest BCUT2D eigenvalue weighted by molar-refractivity contribution is -0.163. The van der Waals surface area contributed by atoms with E-state index in [0.717, 1.165) is 19.3 Å². The first-order valence-corrected chi connectivity index (χ1v) is 7.53. The van der Waals surface area contributed by atoms with E-state index in [0.29, 0.717) is 25.5 Å². The van der Waals surface area contributed by atoms with Crippen LogP contribution < -0.4 is 5.32 Å². The SMILES string of the molecule is CCC1(C)NC(=O)C(C)(C2CC2)N(CCCOC)C1=O. The molecule has 5 heteroatoms. The van der Waals surface area contributed by atoms with E-state index in [1.54, 1.807) is 7.11 Å². The molecule has 1 heterocycles. The number of hydrogen-bond donors (Lipinski definition) is 1. The third-order valence-corrected chi connectivity index (χ3v) is 4.94. The number of hydrogen-bond acceptors (Lipinski definition) is 3. The zero-order chi connectivity index (χ0) is 15.0. The highest BCUT2D eigenvalue weighted by molar-refractivity contribution is 6.02. The minimum Gasteiger partial charge on any atom is -0.385 e. The summed E-state index contributed by atoms with van der Waals surface area (Å²) < 4.78 is 5.08. The van der Waals surface area contributed by atoms with Crippen LogP contribution >= 0.6 is 0 Å². The molecule has 1 N–H and O–H groups in total. The lowest BCUT2D eigenvalue weighted by Crippen LogP contribution is -2.74. The van der Waals surface area contributed by atoms with Crippen LogP contribution in [0.15, 0.2) is 0 Å². The van der Waals surface area contributed by atoms with Crippen molar-refractivity contribution in [1.29, 1.82) is 0 Å². The standard InChI is InChI=1S/C15H26N2O3/c1-5-14(2)13(19)17(9-6-10-20-4)15(3,11-7-8-11)12(18)16-14/h11H,5-10H2,1-4H3,(H,16,18). The molecule has 2 amide bonds. The number of ether oxygens (including phenoxy) is 1. The van der Waals surface area contributed by atoms with Crippen molar-refractivity contribution in [2.75, 3.05) is 20.3 Å². The lowest BCUT2D eigenvalue weighted by atomic mass is 9.82. The topological polar surface area (TPSA) is 58.6 Å². The molecule has 2 unspecified atom stereocenters. The molecule has 114 valence electrons. The van der Waals surface area contributed by atoms with E-state index in [4.69, 9.17) is 4.74 Å². The van der Waals surface area contributed by atoms with Gasteiger partial charge in [0.05, 0.1) is 0 Å². The Kier molecular flexibility index (Phi) is 4.09. The maximum Gasteiger partial charge on any atom is 0.248 e. The third-order valence-electron chi connectivity index (χ3n) is 4.94. The number of amides is 2. The number of piperazine rings is 1. The van der Waals surface area contributed by atoms with Crippen molar-refractivity contribution in [3.8, 4) is 0 Å². The van der Waals surface area contributed by atoms with E-state index in [2.05, 4.69) is 5.32 Å². The van der Waals surface area contributed by atoms with E-state index < -0.39 is 11.1 Å². The molecule has 2 rings (SSSR count). The van der Waals surface area contributed by atoms with Crippen LogP contribution in [0, 0.1) is 5.92 Å². The maximum absolute atomic E-state index is 12.8. The first-order valence-electron chi connectivity index (χ1n) is 7.53. The summed E-state index contributed by atoms with van der Waals surface area (Å²) >= 11 is 0. The second-order valence-electron chi connectivity index (χ2n) is 6.36. The molecule has 0 aromatic heterocycles. The van der Waals surface area contributed by atoms with E-state index in [-0.39, 0.29) is 11.8 Å². The van der Waals surface area contributed by atoms with Crippen LogP contribution in [0.25, 0.3) is 0 Å². The van der Waals surface area contributed by atoms with Gasteiger partial charge in [-0.2, -0.15) is 0 Å². The maximum atomic E-state index is 12.8. The van der Waals surface area contributed by atoms with Gasteiger partial charge in [0.15, 0.2) is 0 Å². The predicted octanol–water partition coefficient (Wildman–Crippen LogP) is 1.32. The molecule has 2 fully saturated rings. The highest BCUT2D eigenvalue weighted by Gasteiger charge is 2.59. The monoisotopic (exact) mass is 282 g/mol. The van der Waals surface area contributed by atoms with Gasteiger partial charge < -0.3 is 15.0 Å². The molecule has 1 aliphatic carbocycles. The zero-order valence-corrected chi connectivity index (χ0v) is 13.0. The molecule has 0 spiro atoms. The highest BCUT2D eigenvalue weighted by Crippen LogP contribution is 2.46. The Labute approximate surface area is 121 Å². The van der Waals surface area contributed by atoms with Crippen molar-refractivity contribution in [3.63, 3.8) is 0 Å². The Hall–Kier alpha value is -1.10. The molecule has 0 aromatic carbocycles. The molecule has 1 saturated carbocycles. The molecule has 5 nitrogen and oxygen atoms in total. The molecule has 20 heavy (non-hydrogen) atoms. The summed E-state index contributed by atoms with van der Waals surface area (Å²) in [6.45, 7) is 6.87. The minimum atomic E-state index is -0.765. The van der Waals surface area contributed by atoms with E-state index in [1.165, 1.54) is 0 Å². The minimum absolute atomic E-state index is 0.00127. The molecule has 1 saturated heterocycles. The van der Waals surface area contributed by atoms with Gasteiger partial charge in [-0.25, -0.2) is 0 Å². The molecular formula is C15H26N2O3. The second kappa shape index (κ2) is 5.35. The summed E-state index contributed by atoms with van der Waals surface area (Å²) in [5.41, 5.74) is -1.45. The van der Waals surface area contributed by atoms with Crippen molar-refractivity contribution in [2.45, 2.75) is 57.5 Å². The smallest absolute Gasteiger partial charge is 0.248 e. The van der Waals surface area contributed by atoms with Gasteiger partial charge in [-0.05, 0) is 45.4 Å². The third kappa shape index (κ3) is 2.32. The number of rotatable bonds is 6. The summed E-state index contributed by atoms with van der Waals surface area (Å²) in [5.74, 6) is 0.349. The van der Waals surface area contributed by atoms with Gasteiger partial charge in [0, 0.05) is 20.3 Å². The number of methoxy groups -OCH3 is 1. The predicted molar refractivity (Wildman–Crippen MR) is 76.2 cm³/mol. The quantitative estimate of drug-likeness (QED) is 0.748. The summed E-state index contributed by atoms with van der Waals surface area (Å²) in [4.78, 5) is 27.3. The summed E-state index contributed by atoms with van der Waals surface area (Å²) in [5, 5.41) is 2.96. The van der Waals surface area contributed by atoms with Crippen molar-refractivity contribution in [3.05, 3.63) is 0 Å². The summed E-state index contributed by atoms with van der Waals surface area (Å²) in [6.07, 6.45) is 3.43. The van der Waals surface area contributed by atoms with Crippen LogP contribution in [0.2, 0.25) is 0 Å². The van der Waals surface area contributed by atoms with Gasteiger partial charge in [-0.1, -0.05) is 6.92 Å². The van der Waals surface area contributed by atoms with Gasteiger partial charge >= 0.3 is 0 Å². The van der Waals surface area contributed by atoms with Crippen molar-refractivity contribution < 1.29 is 14.3 Å². The molecule has 1 aliphatic heterocycles. The van der Waals surface area contributed by atoms with Crippen LogP contribution in [0.4, 0.5) is 0 Å².